The van der Waals surface area contributed by atoms with Crippen LogP contribution >= 0.6 is 0 Å². The summed E-state index contributed by atoms with van der Waals surface area (Å²) in [5.41, 5.74) is 6.13. The second kappa shape index (κ2) is 7.57. The van der Waals surface area contributed by atoms with Crippen LogP contribution in [0.5, 0.6) is 0 Å². The quantitative estimate of drug-likeness (QED) is 0.815. The molecule has 2 fully saturated rings. The predicted molar refractivity (Wildman–Crippen MR) is 111 cm³/mol. The largest absolute Gasteiger partial charge is 0.352 e. The van der Waals surface area contributed by atoms with E-state index in [4.69, 9.17) is 0 Å². The van der Waals surface area contributed by atoms with E-state index >= 15 is 0 Å². The molecule has 29 heavy (non-hydrogen) atoms. The minimum atomic E-state index is 0.0915. The molecule has 0 aromatic carbocycles. The van der Waals surface area contributed by atoms with Gasteiger partial charge in [-0.15, -0.1) is 0 Å². The third kappa shape index (κ3) is 3.59. The van der Waals surface area contributed by atoms with Crippen LogP contribution in [0.2, 0.25) is 0 Å². The molecule has 1 aliphatic carbocycles. The number of carbonyl (C=O) groups is 1. The maximum Gasteiger partial charge on any atom is 0.217 e. The Morgan fingerprint density at radius 3 is 2.86 bits per heavy atom. The first-order chi connectivity index (χ1) is 14.1. The van der Waals surface area contributed by atoms with Gasteiger partial charge >= 0.3 is 0 Å². The van der Waals surface area contributed by atoms with E-state index in [0.717, 1.165) is 36.8 Å². The third-order valence-electron chi connectivity index (χ3n) is 6.99. The fourth-order valence-corrected chi connectivity index (χ4v) is 5.60. The van der Waals surface area contributed by atoms with E-state index in [0.29, 0.717) is 18.0 Å². The van der Waals surface area contributed by atoms with Crippen LogP contribution in [0.15, 0.2) is 18.6 Å². The maximum atomic E-state index is 11.3. The zero-order valence-electron chi connectivity index (χ0n) is 17.3. The first-order valence-electron chi connectivity index (χ1n) is 10.9. The molecule has 0 spiro atoms. The fourth-order valence-electron chi connectivity index (χ4n) is 5.60. The summed E-state index contributed by atoms with van der Waals surface area (Å²) in [6, 6.07) is 2.75. The Labute approximate surface area is 172 Å². The van der Waals surface area contributed by atoms with Crippen LogP contribution in [0.1, 0.15) is 50.8 Å². The van der Waals surface area contributed by atoms with Crippen LogP contribution in [0.3, 0.4) is 0 Å². The first kappa shape index (κ1) is 18.8. The number of fused-ring (bicyclic) bond motifs is 3. The Bertz CT molecular complexity index is 843. The number of hydrazine groups is 1. The van der Waals surface area contributed by atoms with Crippen LogP contribution in [-0.4, -0.2) is 58.2 Å². The van der Waals surface area contributed by atoms with Gasteiger partial charge in [0.05, 0.1) is 11.7 Å². The van der Waals surface area contributed by atoms with Crippen molar-refractivity contribution in [2.75, 3.05) is 31.8 Å². The number of hydrogen-bond donors (Lipinski definition) is 2. The Morgan fingerprint density at radius 2 is 2.07 bits per heavy atom. The molecule has 5 aliphatic rings. The molecule has 0 bridgehead atoms. The number of likely N-dealkylation sites (tertiary alicyclic amines) is 1. The van der Waals surface area contributed by atoms with Gasteiger partial charge in [-0.1, -0.05) is 0 Å². The van der Waals surface area contributed by atoms with Crippen LogP contribution < -0.4 is 15.9 Å². The topological polar surface area (TPSA) is 78.3 Å². The summed E-state index contributed by atoms with van der Waals surface area (Å²) in [6.07, 6.45) is 9.87. The number of amides is 1. The van der Waals surface area contributed by atoms with Crippen molar-refractivity contribution in [3.05, 3.63) is 24.3 Å². The highest BCUT2D eigenvalue weighted by atomic mass is 16.1. The molecule has 4 heterocycles. The number of hydrogen-bond acceptors (Lipinski definition) is 6. The van der Waals surface area contributed by atoms with Gasteiger partial charge in [-0.3, -0.25) is 4.79 Å². The molecule has 8 nitrogen and oxygen atoms in total. The van der Waals surface area contributed by atoms with Crippen molar-refractivity contribution < 1.29 is 4.79 Å². The lowest BCUT2D eigenvalue weighted by molar-refractivity contribution is -0.119. The highest BCUT2D eigenvalue weighted by molar-refractivity contribution is 5.73. The van der Waals surface area contributed by atoms with Crippen LogP contribution in [0.25, 0.3) is 11.4 Å². The zero-order chi connectivity index (χ0) is 20.0. The minimum Gasteiger partial charge on any atom is -0.352 e. The smallest absolute Gasteiger partial charge is 0.217 e. The molecular weight excluding hydrogens is 366 g/mol. The molecule has 0 aromatic heterocycles. The Morgan fingerprint density at radius 1 is 1.24 bits per heavy atom. The van der Waals surface area contributed by atoms with Gasteiger partial charge in [-0.05, 0) is 50.0 Å². The lowest BCUT2D eigenvalue weighted by Crippen LogP contribution is -2.39. The highest BCUT2D eigenvalue weighted by Gasteiger charge is 2.38. The average Bonchev–Trinajstić information content (AvgIpc) is 3.41. The van der Waals surface area contributed by atoms with Crippen molar-refractivity contribution in [2.24, 2.45) is 11.8 Å². The molecule has 8 heteroatoms. The predicted octanol–water partition coefficient (Wildman–Crippen LogP) is 1.53. The lowest BCUT2D eigenvalue weighted by atomic mass is 9.77. The van der Waals surface area contributed by atoms with Crippen molar-refractivity contribution in [3.63, 3.8) is 0 Å². The second-order valence-electron chi connectivity index (χ2n) is 9.01. The summed E-state index contributed by atoms with van der Waals surface area (Å²) in [5.74, 6) is 2.34. The summed E-state index contributed by atoms with van der Waals surface area (Å²) in [7, 11) is 2.05. The zero-order valence-corrected chi connectivity index (χ0v) is 17.3. The molecule has 0 radical (unpaired) electrons. The first-order valence-corrected chi connectivity index (χ1v) is 10.9. The van der Waals surface area contributed by atoms with E-state index in [9.17, 15) is 4.79 Å². The molecule has 2 unspecified atom stereocenters. The van der Waals surface area contributed by atoms with Crippen molar-refractivity contribution in [1.29, 1.82) is 0 Å². The van der Waals surface area contributed by atoms with Crippen LogP contribution in [-0.2, 0) is 4.79 Å². The standard InChI is InChI=1S/C21H31N7O/c1-14(29)24-17-8-10-27(12-17)11-15-3-5-16(6-4-15)19-20-18-7-9-22-21(18)23-13-28(20)26(2)25-19/h7,9,13,15-17,19,25H,3-6,8,10-12H2,1-2H3,(H,24,29). The molecule has 1 amide bonds. The maximum absolute atomic E-state index is 11.3. The summed E-state index contributed by atoms with van der Waals surface area (Å²) < 4.78 is 2.13. The van der Waals surface area contributed by atoms with Gasteiger partial charge in [0.1, 0.15) is 6.33 Å². The number of rotatable bonds is 4. The molecule has 1 saturated carbocycles. The summed E-state index contributed by atoms with van der Waals surface area (Å²) in [4.78, 5) is 22.7. The number of carbonyl (C=O) groups excluding carboxylic acids is 1. The highest BCUT2D eigenvalue weighted by Crippen LogP contribution is 2.42. The van der Waals surface area contributed by atoms with E-state index in [1.165, 1.54) is 37.9 Å². The van der Waals surface area contributed by atoms with Gasteiger partial charge in [0.15, 0.2) is 5.82 Å². The Kier molecular flexibility index (Phi) is 4.91. The van der Waals surface area contributed by atoms with E-state index < -0.39 is 0 Å². The normalized spacial score (nSPS) is 30.1. The van der Waals surface area contributed by atoms with E-state index in [2.05, 4.69) is 48.5 Å². The van der Waals surface area contributed by atoms with Crippen LogP contribution in [0.4, 0.5) is 0 Å². The van der Waals surface area contributed by atoms with Crippen molar-refractivity contribution in [2.45, 2.75) is 51.1 Å². The van der Waals surface area contributed by atoms with Crippen molar-refractivity contribution in [1.82, 2.24) is 30.3 Å². The van der Waals surface area contributed by atoms with Gasteiger partial charge in [0.25, 0.3) is 0 Å². The number of nitrogens with zero attached hydrogens (tertiary/aromatic N) is 5. The molecule has 1 saturated heterocycles. The van der Waals surface area contributed by atoms with Gasteiger partial charge in [-0.2, -0.15) is 0 Å². The van der Waals surface area contributed by atoms with Gasteiger partial charge < -0.3 is 10.2 Å². The summed E-state index contributed by atoms with van der Waals surface area (Å²) in [5, 5.41) is 5.13. The van der Waals surface area contributed by atoms with Crippen molar-refractivity contribution >= 4 is 5.91 Å². The molecule has 2 atom stereocenters. The minimum absolute atomic E-state index is 0.0915. The second-order valence-corrected chi connectivity index (χ2v) is 9.01. The number of nitrogens with one attached hydrogen (secondary N) is 2. The fraction of sp³-hybridized carbons (Fsp3) is 0.667. The lowest BCUT2D eigenvalue weighted by Gasteiger charge is -2.34. The summed E-state index contributed by atoms with van der Waals surface area (Å²) in [6.45, 7) is 4.91. The summed E-state index contributed by atoms with van der Waals surface area (Å²) >= 11 is 0. The Hall–Kier alpha value is -2.19. The SMILES string of the molecule is CC(=O)NC1CCN(CC2CCC(C3NN(C)n4cnc5nccc-5c43)CC2)C1. The van der Waals surface area contributed by atoms with E-state index in [1.807, 2.05) is 12.5 Å². The van der Waals surface area contributed by atoms with Gasteiger partial charge in [-0.25, -0.2) is 25.2 Å². The number of aromatic nitrogens is 3. The monoisotopic (exact) mass is 397 g/mol. The van der Waals surface area contributed by atoms with Gasteiger partial charge in [0, 0.05) is 51.4 Å². The van der Waals surface area contributed by atoms with Gasteiger partial charge in [0.2, 0.25) is 5.91 Å². The third-order valence-corrected chi connectivity index (χ3v) is 6.99. The molecule has 2 N–H and O–H groups in total. The van der Waals surface area contributed by atoms with Crippen LogP contribution in [0, 0.1) is 11.8 Å². The molecule has 156 valence electrons. The molecule has 4 aliphatic heterocycles. The Balaban J connectivity index is 1.20. The van der Waals surface area contributed by atoms with E-state index in [-0.39, 0.29) is 5.91 Å². The average molecular weight is 398 g/mol. The van der Waals surface area contributed by atoms with Crippen molar-refractivity contribution in [3.8, 4) is 11.4 Å². The van der Waals surface area contributed by atoms with E-state index in [1.54, 1.807) is 6.92 Å². The molecule has 0 aromatic rings. The molecule has 5 rings (SSSR count). The molecular formula is C21H31N7O.